The summed E-state index contributed by atoms with van der Waals surface area (Å²) >= 11 is 0. The molecule has 2 aromatic rings. The van der Waals surface area contributed by atoms with E-state index < -0.39 is 17.7 Å². The lowest BCUT2D eigenvalue weighted by Gasteiger charge is -2.36. The zero-order chi connectivity index (χ0) is 24.2. The summed E-state index contributed by atoms with van der Waals surface area (Å²) in [4.78, 5) is 51.9. The van der Waals surface area contributed by atoms with Crippen LogP contribution in [-0.4, -0.2) is 41.9 Å². The zero-order valence-corrected chi connectivity index (χ0v) is 19.1. The van der Waals surface area contributed by atoms with Crippen LogP contribution in [0.2, 0.25) is 0 Å². The van der Waals surface area contributed by atoms with Gasteiger partial charge >= 0.3 is 6.03 Å². The van der Waals surface area contributed by atoms with Crippen LogP contribution < -0.4 is 25.6 Å². The molecular formula is C26H30N4O5. The Hall–Kier alpha value is -3.88. The molecule has 2 aliphatic heterocycles. The minimum absolute atomic E-state index is 0. The first-order valence-electron chi connectivity index (χ1n) is 12.0. The van der Waals surface area contributed by atoms with Gasteiger partial charge in [0.25, 0.3) is 11.8 Å². The van der Waals surface area contributed by atoms with Crippen molar-refractivity contribution in [3.05, 3.63) is 53.6 Å². The van der Waals surface area contributed by atoms with Crippen molar-refractivity contribution in [1.82, 2.24) is 10.6 Å². The highest BCUT2D eigenvalue weighted by Gasteiger charge is 2.50. The van der Waals surface area contributed by atoms with Crippen molar-refractivity contribution < 1.29 is 26.8 Å². The maximum absolute atomic E-state index is 13.4. The Balaban J connectivity index is 0.00000160. The molecule has 2 aromatic carbocycles. The summed E-state index contributed by atoms with van der Waals surface area (Å²) in [6, 6.07) is 12.3. The highest BCUT2D eigenvalue weighted by molar-refractivity contribution is 6.08. The lowest BCUT2D eigenvalue weighted by molar-refractivity contribution is -0.130. The maximum Gasteiger partial charge on any atom is 0.322 e. The molecule has 3 N–H and O–H groups in total. The summed E-state index contributed by atoms with van der Waals surface area (Å²) in [5.74, 6) is -0.0368. The van der Waals surface area contributed by atoms with Crippen LogP contribution in [0.1, 0.15) is 39.7 Å². The van der Waals surface area contributed by atoms with Gasteiger partial charge in [0.15, 0.2) is 6.10 Å². The molecule has 6 rings (SSSR count). The molecule has 2 heterocycles. The topological polar surface area (TPSA) is 117 Å². The molecule has 184 valence electrons. The van der Waals surface area contributed by atoms with E-state index in [9.17, 15) is 19.2 Å². The third kappa shape index (κ3) is 3.71. The fourth-order valence-electron chi connectivity index (χ4n) is 5.84. The van der Waals surface area contributed by atoms with Crippen molar-refractivity contribution in [1.29, 1.82) is 0 Å². The molecule has 2 aliphatic carbocycles. The van der Waals surface area contributed by atoms with Crippen LogP contribution in [0.25, 0.3) is 0 Å². The first kappa shape index (κ1) is 21.6. The van der Waals surface area contributed by atoms with E-state index >= 15 is 0 Å². The Labute approximate surface area is 205 Å². The second-order valence-corrected chi connectivity index (χ2v) is 9.85. The first-order valence-corrected chi connectivity index (χ1v) is 12.0. The number of rotatable bonds is 4. The van der Waals surface area contributed by atoms with E-state index in [-0.39, 0.29) is 33.0 Å². The van der Waals surface area contributed by atoms with E-state index in [2.05, 4.69) is 16.0 Å². The SMILES string of the molecule is O=C(CN1C(=O)C(C2CCCC2)Oc2ccccc21)Nc1ccc2c(c1)CC1(C2)NC(=O)NC1=O.[HH].[HH]. The largest absolute Gasteiger partial charge is 0.478 e. The second kappa shape index (κ2) is 8.11. The number of benzene rings is 2. The van der Waals surface area contributed by atoms with Gasteiger partial charge in [0.05, 0.1) is 5.69 Å². The molecule has 1 saturated carbocycles. The number of para-hydroxylation sites is 2. The predicted molar refractivity (Wildman–Crippen MR) is 131 cm³/mol. The highest BCUT2D eigenvalue weighted by atomic mass is 16.5. The molecule has 4 aliphatic rings. The number of hydrogen-bond donors (Lipinski definition) is 3. The van der Waals surface area contributed by atoms with Crippen LogP contribution in [0.3, 0.4) is 0 Å². The van der Waals surface area contributed by atoms with Crippen molar-refractivity contribution in [3.63, 3.8) is 0 Å². The fourth-order valence-corrected chi connectivity index (χ4v) is 5.84. The van der Waals surface area contributed by atoms with Crippen molar-refractivity contribution >= 4 is 35.1 Å². The Morgan fingerprint density at radius 2 is 1.86 bits per heavy atom. The number of amides is 5. The number of anilines is 2. The van der Waals surface area contributed by atoms with Gasteiger partial charge in [0, 0.05) is 27.3 Å². The Bertz CT molecular complexity index is 1270. The summed E-state index contributed by atoms with van der Waals surface area (Å²) in [6.45, 7) is -0.123. The van der Waals surface area contributed by atoms with Crippen LogP contribution in [0.15, 0.2) is 42.5 Å². The van der Waals surface area contributed by atoms with Gasteiger partial charge in [-0.25, -0.2) is 4.79 Å². The number of fused-ring (bicyclic) bond motifs is 2. The minimum Gasteiger partial charge on any atom is -0.478 e. The van der Waals surface area contributed by atoms with E-state index in [1.807, 2.05) is 30.3 Å². The average Bonchev–Trinajstić information content (AvgIpc) is 3.54. The third-order valence-corrected chi connectivity index (χ3v) is 7.54. The molecule has 1 spiro atoms. The predicted octanol–water partition coefficient (Wildman–Crippen LogP) is 2.78. The van der Waals surface area contributed by atoms with Gasteiger partial charge in [-0.05, 0) is 48.2 Å². The molecule has 0 bridgehead atoms. The molecule has 9 nitrogen and oxygen atoms in total. The summed E-state index contributed by atoms with van der Waals surface area (Å²) in [5.41, 5.74) is 2.07. The molecule has 0 radical (unpaired) electrons. The second-order valence-electron chi connectivity index (χ2n) is 9.85. The van der Waals surface area contributed by atoms with Crippen molar-refractivity contribution in [3.8, 4) is 5.75 Å². The van der Waals surface area contributed by atoms with E-state index in [1.54, 1.807) is 12.1 Å². The Kier molecular flexibility index (Phi) is 5.01. The Morgan fingerprint density at radius 1 is 1.09 bits per heavy atom. The van der Waals surface area contributed by atoms with Crippen LogP contribution >= 0.6 is 0 Å². The van der Waals surface area contributed by atoms with Gasteiger partial charge in [-0.2, -0.15) is 0 Å². The molecule has 35 heavy (non-hydrogen) atoms. The third-order valence-electron chi connectivity index (χ3n) is 7.54. The summed E-state index contributed by atoms with van der Waals surface area (Å²) in [5, 5.41) is 7.94. The van der Waals surface area contributed by atoms with Gasteiger partial charge in [-0.1, -0.05) is 31.0 Å². The van der Waals surface area contributed by atoms with Gasteiger partial charge < -0.3 is 15.4 Å². The molecule has 2 unspecified atom stereocenters. The van der Waals surface area contributed by atoms with Gasteiger partial charge in [0.2, 0.25) is 5.91 Å². The van der Waals surface area contributed by atoms with Gasteiger partial charge in [-0.3, -0.25) is 24.6 Å². The van der Waals surface area contributed by atoms with E-state index in [0.29, 0.717) is 30.0 Å². The minimum atomic E-state index is -0.957. The van der Waals surface area contributed by atoms with Gasteiger partial charge in [0.1, 0.15) is 17.8 Å². The highest BCUT2D eigenvalue weighted by Crippen LogP contribution is 2.39. The number of ether oxygens (including phenoxy) is 1. The van der Waals surface area contributed by atoms with Crippen molar-refractivity contribution in [2.45, 2.75) is 50.2 Å². The molecule has 2 atom stereocenters. The number of nitrogens with one attached hydrogen (secondary N) is 3. The standard InChI is InChI=1S/C26H26N4O5.2H2/c31-21(27-18-10-9-16-12-26(13-17(16)11-18)24(33)28-25(34)29-26)14-30-19-7-3-4-8-20(19)35-22(23(30)32)15-5-1-2-6-15;;/h3-4,7-11,15,22H,1-2,5-6,12-14H2,(H,27,31)(H2,28,29,33,34);2*1H. The van der Waals surface area contributed by atoms with Crippen LogP contribution in [0.4, 0.5) is 16.2 Å². The number of carbonyl (C=O) groups is 4. The number of hydrogen-bond acceptors (Lipinski definition) is 5. The number of carbonyl (C=O) groups excluding carboxylic acids is 4. The number of nitrogens with zero attached hydrogens (tertiary/aromatic N) is 1. The molecule has 2 fully saturated rings. The summed E-state index contributed by atoms with van der Waals surface area (Å²) < 4.78 is 6.09. The quantitative estimate of drug-likeness (QED) is 0.585. The average molecular weight is 479 g/mol. The number of urea groups is 1. The lowest BCUT2D eigenvalue weighted by atomic mass is 9.96. The smallest absolute Gasteiger partial charge is 0.322 e. The summed E-state index contributed by atoms with van der Waals surface area (Å²) in [7, 11) is 0. The molecule has 5 amide bonds. The van der Waals surface area contributed by atoms with Gasteiger partial charge in [-0.15, -0.1) is 0 Å². The van der Waals surface area contributed by atoms with E-state index in [4.69, 9.17) is 4.74 Å². The molecule has 9 heteroatoms. The van der Waals surface area contributed by atoms with Crippen LogP contribution in [0, 0.1) is 5.92 Å². The molecule has 0 aromatic heterocycles. The summed E-state index contributed by atoms with van der Waals surface area (Å²) in [6.07, 6.45) is 4.29. The van der Waals surface area contributed by atoms with Crippen molar-refractivity contribution in [2.24, 2.45) is 5.92 Å². The first-order chi connectivity index (χ1) is 16.9. The lowest BCUT2D eigenvalue weighted by Crippen LogP contribution is -2.51. The molecular weight excluding hydrogens is 448 g/mol. The molecule has 1 saturated heterocycles. The monoisotopic (exact) mass is 478 g/mol. The fraction of sp³-hybridized carbons (Fsp3) is 0.385. The maximum atomic E-state index is 13.4. The number of imide groups is 1. The van der Waals surface area contributed by atoms with Crippen LogP contribution in [0.5, 0.6) is 5.75 Å². The zero-order valence-electron chi connectivity index (χ0n) is 19.1. The van der Waals surface area contributed by atoms with Crippen LogP contribution in [-0.2, 0) is 27.2 Å². The van der Waals surface area contributed by atoms with E-state index in [0.717, 1.165) is 36.8 Å². The van der Waals surface area contributed by atoms with E-state index in [1.165, 1.54) is 4.90 Å². The Morgan fingerprint density at radius 3 is 2.63 bits per heavy atom. The normalized spacial score (nSPS) is 25.2. The van der Waals surface area contributed by atoms with Crippen molar-refractivity contribution in [2.75, 3.05) is 16.8 Å².